The van der Waals surface area contributed by atoms with Crippen molar-refractivity contribution in [3.05, 3.63) is 36.2 Å². The molecule has 2 unspecified atom stereocenters. The Morgan fingerprint density at radius 1 is 1.57 bits per heavy atom. The molecular formula is C17H25N3O. The highest BCUT2D eigenvalue weighted by Crippen LogP contribution is 2.18. The van der Waals surface area contributed by atoms with Gasteiger partial charge in [0.25, 0.3) is 0 Å². The maximum Gasteiger partial charge on any atom is 0.244 e. The highest BCUT2D eigenvalue weighted by atomic mass is 16.1. The second-order valence-electron chi connectivity index (χ2n) is 5.80. The molecule has 1 amide bonds. The number of piperidine rings is 1. The van der Waals surface area contributed by atoms with Crippen molar-refractivity contribution < 1.29 is 4.79 Å². The van der Waals surface area contributed by atoms with Crippen LogP contribution in [0.4, 0.5) is 0 Å². The van der Waals surface area contributed by atoms with Crippen LogP contribution in [-0.2, 0) is 4.79 Å². The molecule has 1 N–H and O–H groups in total. The predicted octanol–water partition coefficient (Wildman–Crippen LogP) is 2.47. The van der Waals surface area contributed by atoms with Gasteiger partial charge in [0, 0.05) is 37.1 Å². The van der Waals surface area contributed by atoms with Crippen LogP contribution < -0.4 is 5.32 Å². The molecule has 21 heavy (non-hydrogen) atoms. The van der Waals surface area contributed by atoms with Crippen LogP contribution in [0.15, 0.2) is 30.6 Å². The number of carbonyl (C=O) groups excluding carboxylic acids is 1. The van der Waals surface area contributed by atoms with Crippen molar-refractivity contribution in [3.63, 3.8) is 0 Å². The van der Waals surface area contributed by atoms with Crippen LogP contribution in [0.3, 0.4) is 0 Å². The Hall–Kier alpha value is -1.68. The van der Waals surface area contributed by atoms with E-state index in [4.69, 9.17) is 0 Å². The molecule has 0 aliphatic carbocycles. The molecule has 1 aliphatic heterocycles. The first-order valence-corrected chi connectivity index (χ1v) is 7.78. The minimum Gasteiger partial charge on any atom is -0.351 e. The van der Waals surface area contributed by atoms with Gasteiger partial charge in [-0.1, -0.05) is 12.5 Å². The molecule has 1 aromatic heterocycles. The number of likely N-dealkylation sites (tertiary alicyclic amines) is 1. The fourth-order valence-electron chi connectivity index (χ4n) is 2.85. The Labute approximate surface area is 127 Å². The minimum absolute atomic E-state index is 0.0460. The number of aromatic nitrogens is 1. The van der Waals surface area contributed by atoms with Gasteiger partial charge in [-0.2, -0.15) is 0 Å². The molecule has 0 saturated carbocycles. The lowest BCUT2D eigenvalue weighted by Gasteiger charge is -2.38. The number of nitrogens with one attached hydrogen (secondary N) is 1. The second kappa shape index (κ2) is 7.93. The van der Waals surface area contributed by atoms with Crippen LogP contribution in [-0.4, -0.2) is 41.0 Å². The molecule has 1 aliphatic rings. The molecule has 0 bridgehead atoms. The third-order valence-corrected chi connectivity index (χ3v) is 4.10. The fourth-order valence-corrected chi connectivity index (χ4v) is 2.85. The quantitative estimate of drug-likeness (QED) is 0.846. The van der Waals surface area contributed by atoms with Gasteiger partial charge < -0.3 is 5.32 Å². The Kier molecular flexibility index (Phi) is 5.93. The lowest BCUT2D eigenvalue weighted by molar-refractivity contribution is -0.116. The zero-order valence-corrected chi connectivity index (χ0v) is 13.0. The number of rotatable bonds is 5. The van der Waals surface area contributed by atoms with Crippen molar-refractivity contribution >= 4 is 12.0 Å². The molecule has 114 valence electrons. The summed E-state index contributed by atoms with van der Waals surface area (Å²) >= 11 is 0. The van der Waals surface area contributed by atoms with E-state index in [2.05, 4.69) is 29.0 Å². The topological polar surface area (TPSA) is 45.2 Å². The highest BCUT2D eigenvalue weighted by Gasteiger charge is 2.22. The van der Waals surface area contributed by atoms with Crippen LogP contribution in [0.2, 0.25) is 0 Å². The van der Waals surface area contributed by atoms with Gasteiger partial charge in [-0.3, -0.25) is 14.7 Å². The third-order valence-electron chi connectivity index (χ3n) is 4.10. The number of hydrogen-bond acceptors (Lipinski definition) is 3. The first-order valence-electron chi connectivity index (χ1n) is 7.78. The number of carbonyl (C=O) groups is 1. The van der Waals surface area contributed by atoms with Gasteiger partial charge in [0.1, 0.15) is 0 Å². The Morgan fingerprint density at radius 3 is 3.14 bits per heavy atom. The summed E-state index contributed by atoms with van der Waals surface area (Å²) in [7, 11) is 0. The van der Waals surface area contributed by atoms with Crippen molar-refractivity contribution in [3.8, 4) is 0 Å². The van der Waals surface area contributed by atoms with Crippen molar-refractivity contribution in [1.29, 1.82) is 0 Å². The first kappa shape index (κ1) is 15.7. The highest BCUT2D eigenvalue weighted by molar-refractivity contribution is 5.91. The molecule has 4 nitrogen and oxygen atoms in total. The van der Waals surface area contributed by atoms with Crippen LogP contribution >= 0.6 is 0 Å². The van der Waals surface area contributed by atoms with E-state index < -0.39 is 0 Å². The summed E-state index contributed by atoms with van der Waals surface area (Å²) in [6, 6.07) is 4.79. The van der Waals surface area contributed by atoms with Crippen molar-refractivity contribution in [2.45, 2.75) is 45.2 Å². The number of hydrogen-bond donors (Lipinski definition) is 1. The summed E-state index contributed by atoms with van der Waals surface area (Å²) in [4.78, 5) is 18.4. The lowest BCUT2D eigenvalue weighted by Crippen LogP contribution is -2.48. The fraction of sp³-hybridized carbons (Fsp3) is 0.529. The van der Waals surface area contributed by atoms with Gasteiger partial charge in [0.05, 0.1) is 0 Å². The summed E-state index contributed by atoms with van der Waals surface area (Å²) in [5.41, 5.74) is 0.936. The average molecular weight is 287 g/mol. The van der Waals surface area contributed by atoms with Crippen LogP contribution in [0.1, 0.15) is 38.7 Å². The summed E-state index contributed by atoms with van der Waals surface area (Å²) < 4.78 is 0. The molecule has 2 rings (SSSR count). The minimum atomic E-state index is -0.0460. The number of pyridine rings is 1. The zero-order valence-electron chi connectivity index (χ0n) is 13.0. The summed E-state index contributed by atoms with van der Waals surface area (Å²) in [5.74, 6) is -0.0460. The lowest BCUT2D eigenvalue weighted by atomic mass is 10.0. The van der Waals surface area contributed by atoms with Gasteiger partial charge in [-0.05, 0) is 50.9 Å². The largest absolute Gasteiger partial charge is 0.351 e. The third kappa shape index (κ3) is 4.97. The molecule has 1 aromatic rings. The van der Waals surface area contributed by atoms with E-state index in [1.165, 1.54) is 19.3 Å². The van der Waals surface area contributed by atoms with E-state index in [1.807, 2.05) is 12.1 Å². The Balaban J connectivity index is 1.77. The Bertz CT molecular complexity index is 472. The van der Waals surface area contributed by atoms with E-state index in [1.54, 1.807) is 24.5 Å². The molecule has 2 heterocycles. The predicted molar refractivity (Wildman–Crippen MR) is 85.8 cm³/mol. The van der Waals surface area contributed by atoms with Gasteiger partial charge in [0.15, 0.2) is 0 Å². The molecular weight excluding hydrogens is 262 g/mol. The van der Waals surface area contributed by atoms with E-state index in [0.29, 0.717) is 18.6 Å². The van der Waals surface area contributed by atoms with E-state index in [0.717, 1.165) is 12.1 Å². The first-order chi connectivity index (χ1) is 10.2. The van der Waals surface area contributed by atoms with Crippen molar-refractivity contribution in [1.82, 2.24) is 15.2 Å². The molecule has 0 radical (unpaired) electrons. The second-order valence-corrected chi connectivity index (χ2v) is 5.80. The van der Waals surface area contributed by atoms with Gasteiger partial charge in [0.2, 0.25) is 5.91 Å². The number of amides is 1. The maximum absolute atomic E-state index is 11.8. The number of nitrogens with zero attached hydrogens (tertiary/aromatic N) is 2. The SMILES string of the molecule is CC1CCCCN1C(C)CNC(=O)/C=C/c1cccnc1. The maximum atomic E-state index is 11.8. The van der Waals surface area contributed by atoms with Crippen molar-refractivity contribution in [2.75, 3.05) is 13.1 Å². The zero-order chi connectivity index (χ0) is 15.1. The average Bonchev–Trinajstić information content (AvgIpc) is 2.52. The van der Waals surface area contributed by atoms with E-state index >= 15 is 0 Å². The van der Waals surface area contributed by atoms with Gasteiger partial charge >= 0.3 is 0 Å². The monoisotopic (exact) mass is 287 g/mol. The summed E-state index contributed by atoms with van der Waals surface area (Å²) in [5, 5.41) is 2.98. The van der Waals surface area contributed by atoms with Crippen molar-refractivity contribution in [2.24, 2.45) is 0 Å². The summed E-state index contributed by atoms with van der Waals surface area (Å²) in [6.07, 6.45) is 10.7. The van der Waals surface area contributed by atoms with E-state index in [9.17, 15) is 4.79 Å². The van der Waals surface area contributed by atoms with Crippen LogP contribution in [0.5, 0.6) is 0 Å². The Morgan fingerprint density at radius 2 is 2.43 bits per heavy atom. The molecule has 1 saturated heterocycles. The molecule has 4 heteroatoms. The van der Waals surface area contributed by atoms with E-state index in [-0.39, 0.29) is 5.91 Å². The van der Waals surface area contributed by atoms with Crippen LogP contribution in [0.25, 0.3) is 6.08 Å². The molecule has 1 fully saturated rings. The summed E-state index contributed by atoms with van der Waals surface area (Å²) in [6.45, 7) is 6.30. The standard InChI is InChI=1S/C17H25N3O/c1-14-6-3-4-11-20(14)15(2)12-19-17(21)9-8-16-7-5-10-18-13-16/h5,7-10,13-15H,3-4,6,11-12H2,1-2H3,(H,19,21)/b9-8+. The van der Waals surface area contributed by atoms with Gasteiger partial charge in [-0.15, -0.1) is 0 Å². The molecule has 0 aromatic carbocycles. The van der Waals surface area contributed by atoms with Gasteiger partial charge in [-0.25, -0.2) is 0 Å². The molecule has 0 spiro atoms. The molecule has 2 atom stereocenters. The smallest absolute Gasteiger partial charge is 0.244 e. The normalized spacial score (nSPS) is 21.3. The van der Waals surface area contributed by atoms with Crippen LogP contribution in [0, 0.1) is 0 Å².